The van der Waals surface area contributed by atoms with Crippen LogP contribution in [0, 0.1) is 6.92 Å². The molecule has 2 aromatic rings. The van der Waals surface area contributed by atoms with Crippen molar-refractivity contribution in [3.63, 3.8) is 0 Å². The van der Waals surface area contributed by atoms with E-state index in [2.05, 4.69) is 4.98 Å². The maximum atomic E-state index is 14.6. The summed E-state index contributed by atoms with van der Waals surface area (Å²) in [6.45, 7) is 1.51. The van der Waals surface area contributed by atoms with Gasteiger partial charge in [-0.15, -0.1) is 11.8 Å². The third kappa shape index (κ3) is 3.58. The van der Waals surface area contributed by atoms with E-state index >= 15 is 0 Å². The molecule has 3 rings (SSSR count). The molecule has 0 amide bonds. The van der Waals surface area contributed by atoms with Crippen LogP contribution in [0.1, 0.15) is 21.3 Å². The highest BCUT2D eigenvalue weighted by atomic mass is 32.2. The normalized spacial score (nSPS) is 25.7. The summed E-state index contributed by atoms with van der Waals surface area (Å²) in [5.41, 5.74) is -0.780. The quantitative estimate of drug-likeness (QED) is 0.771. The van der Waals surface area contributed by atoms with Crippen LogP contribution in [0.3, 0.4) is 0 Å². The van der Waals surface area contributed by atoms with Crippen molar-refractivity contribution in [1.82, 2.24) is 9.55 Å². The van der Waals surface area contributed by atoms with Crippen molar-refractivity contribution in [2.45, 2.75) is 30.7 Å². The second kappa shape index (κ2) is 7.46. The predicted molar refractivity (Wildman–Crippen MR) is 94.1 cm³/mol. The number of rotatable bonds is 3. The predicted octanol–water partition coefficient (Wildman–Crippen LogP) is 1.02. The molecular formula is C17H17FN2O5S. The first-order valence-corrected chi connectivity index (χ1v) is 8.95. The highest BCUT2D eigenvalue weighted by molar-refractivity contribution is 7.99. The Morgan fingerprint density at radius 2 is 2.04 bits per heavy atom. The lowest BCUT2D eigenvalue weighted by Gasteiger charge is -2.36. The first-order valence-electron chi connectivity index (χ1n) is 7.90. The SMILES string of the molecule is Cc1cn([C@@H]2SC[C@@H](O)[C@H](F)[C@H]2OC(=O)c2ccccc2)c(=O)[nH]c1=O. The van der Waals surface area contributed by atoms with E-state index in [1.54, 1.807) is 18.2 Å². The Bertz CT molecular complexity index is 913. The molecule has 2 N–H and O–H groups in total. The number of ether oxygens (including phenoxy) is 1. The van der Waals surface area contributed by atoms with Gasteiger partial charge in [0.1, 0.15) is 5.37 Å². The molecule has 1 aliphatic rings. The smallest absolute Gasteiger partial charge is 0.338 e. The van der Waals surface area contributed by atoms with Gasteiger partial charge in [0.2, 0.25) is 0 Å². The van der Waals surface area contributed by atoms with Crippen LogP contribution in [0.5, 0.6) is 0 Å². The van der Waals surface area contributed by atoms with E-state index < -0.39 is 41.0 Å². The zero-order valence-electron chi connectivity index (χ0n) is 13.8. The molecule has 4 atom stereocenters. The monoisotopic (exact) mass is 380 g/mol. The highest BCUT2D eigenvalue weighted by Gasteiger charge is 2.44. The third-order valence-corrected chi connectivity index (χ3v) is 5.44. The van der Waals surface area contributed by atoms with Gasteiger partial charge in [0, 0.05) is 17.5 Å². The Kier molecular flexibility index (Phi) is 5.28. The van der Waals surface area contributed by atoms with E-state index in [4.69, 9.17) is 4.74 Å². The number of hydrogen-bond acceptors (Lipinski definition) is 6. The fourth-order valence-electron chi connectivity index (χ4n) is 2.66. The number of carbonyl (C=O) groups is 1. The molecule has 0 saturated carbocycles. The number of aliphatic hydroxyl groups excluding tert-OH is 1. The first kappa shape index (κ1) is 18.4. The number of halogens is 1. The molecule has 7 nitrogen and oxygen atoms in total. The van der Waals surface area contributed by atoms with Crippen molar-refractivity contribution in [1.29, 1.82) is 0 Å². The topological polar surface area (TPSA) is 101 Å². The molecule has 1 aromatic carbocycles. The molecule has 26 heavy (non-hydrogen) atoms. The van der Waals surface area contributed by atoms with Crippen molar-refractivity contribution in [3.05, 3.63) is 68.5 Å². The zero-order valence-corrected chi connectivity index (χ0v) is 14.6. The van der Waals surface area contributed by atoms with Crippen LogP contribution in [0.25, 0.3) is 0 Å². The number of nitrogens with one attached hydrogen (secondary N) is 1. The van der Waals surface area contributed by atoms with Gasteiger partial charge in [-0.25, -0.2) is 14.0 Å². The molecule has 9 heteroatoms. The molecular weight excluding hydrogens is 363 g/mol. The van der Waals surface area contributed by atoms with Crippen LogP contribution in [-0.4, -0.2) is 44.8 Å². The fraction of sp³-hybridized carbons (Fsp3) is 0.353. The number of alkyl halides is 1. The second-order valence-corrected chi connectivity index (χ2v) is 7.10. The number of aromatic amines is 1. The van der Waals surface area contributed by atoms with Crippen molar-refractivity contribution in [2.75, 3.05) is 5.75 Å². The summed E-state index contributed by atoms with van der Waals surface area (Å²) in [5, 5.41) is 8.92. The molecule has 1 saturated heterocycles. The van der Waals surface area contributed by atoms with Gasteiger partial charge in [0.25, 0.3) is 5.56 Å². The van der Waals surface area contributed by atoms with Crippen LogP contribution in [-0.2, 0) is 4.74 Å². The number of aromatic nitrogens is 2. The van der Waals surface area contributed by atoms with Crippen LogP contribution in [0.4, 0.5) is 4.39 Å². The number of benzene rings is 1. The number of esters is 1. The van der Waals surface area contributed by atoms with Crippen molar-refractivity contribution >= 4 is 17.7 Å². The Morgan fingerprint density at radius 1 is 1.35 bits per heavy atom. The zero-order chi connectivity index (χ0) is 18.8. The van der Waals surface area contributed by atoms with Gasteiger partial charge in [-0.2, -0.15) is 0 Å². The molecule has 1 aromatic heterocycles. The van der Waals surface area contributed by atoms with Crippen molar-refractivity contribution < 1.29 is 19.0 Å². The lowest BCUT2D eigenvalue weighted by atomic mass is 10.1. The minimum absolute atomic E-state index is 0.0236. The lowest BCUT2D eigenvalue weighted by Crippen LogP contribution is -2.49. The van der Waals surface area contributed by atoms with Gasteiger partial charge < -0.3 is 9.84 Å². The number of thioether (sulfide) groups is 1. The van der Waals surface area contributed by atoms with E-state index in [-0.39, 0.29) is 16.9 Å². The van der Waals surface area contributed by atoms with Crippen LogP contribution in [0.2, 0.25) is 0 Å². The summed E-state index contributed by atoms with van der Waals surface area (Å²) in [5.74, 6) is -0.734. The molecule has 0 spiro atoms. The summed E-state index contributed by atoms with van der Waals surface area (Å²) < 4.78 is 21.1. The van der Waals surface area contributed by atoms with Gasteiger partial charge in [0.05, 0.1) is 11.7 Å². The Balaban J connectivity index is 1.95. The number of hydrogen-bond donors (Lipinski definition) is 2. The maximum absolute atomic E-state index is 14.6. The number of aryl methyl sites for hydroxylation is 1. The van der Waals surface area contributed by atoms with E-state index in [1.165, 1.54) is 25.3 Å². The summed E-state index contributed by atoms with van der Waals surface area (Å²) >= 11 is 1.08. The average molecular weight is 380 g/mol. The van der Waals surface area contributed by atoms with Crippen LogP contribution >= 0.6 is 11.8 Å². The number of carbonyl (C=O) groups excluding carboxylic acids is 1. The second-order valence-electron chi connectivity index (χ2n) is 5.95. The average Bonchev–Trinajstić information content (AvgIpc) is 2.63. The molecule has 1 fully saturated rings. The van der Waals surface area contributed by atoms with Crippen LogP contribution < -0.4 is 11.2 Å². The Labute approximate surface area is 151 Å². The van der Waals surface area contributed by atoms with E-state index in [1.807, 2.05) is 0 Å². The molecule has 0 radical (unpaired) electrons. The molecule has 1 aliphatic heterocycles. The maximum Gasteiger partial charge on any atom is 0.338 e. The third-order valence-electron chi connectivity index (χ3n) is 4.07. The molecule has 2 heterocycles. The van der Waals surface area contributed by atoms with E-state index in [0.717, 1.165) is 16.3 Å². The molecule has 0 aliphatic carbocycles. The number of aliphatic hydroxyl groups is 1. The van der Waals surface area contributed by atoms with Crippen LogP contribution in [0.15, 0.2) is 46.1 Å². The number of nitrogens with zero attached hydrogens (tertiary/aromatic N) is 1. The van der Waals surface area contributed by atoms with Crippen molar-refractivity contribution in [3.8, 4) is 0 Å². The largest absolute Gasteiger partial charge is 0.452 e. The van der Waals surface area contributed by atoms with Gasteiger partial charge in [-0.05, 0) is 19.1 Å². The minimum atomic E-state index is -1.87. The minimum Gasteiger partial charge on any atom is -0.452 e. The summed E-state index contributed by atoms with van der Waals surface area (Å²) in [6.07, 6.45) is -3.29. The summed E-state index contributed by atoms with van der Waals surface area (Å²) in [4.78, 5) is 38.2. The van der Waals surface area contributed by atoms with E-state index in [9.17, 15) is 23.9 Å². The Morgan fingerprint density at radius 3 is 2.73 bits per heavy atom. The van der Waals surface area contributed by atoms with Crippen molar-refractivity contribution in [2.24, 2.45) is 0 Å². The summed E-state index contributed by atoms with van der Waals surface area (Å²) in [6, 6.07) is 8.05. The molecule has 0 bridgehead atoms. The van der Waals surface area contributed by atoms with Gasteiger partial charge in [-0.1, -0.05) is 18.2 Å². The van der Waals surface area contributed by atoms with E-state index in [0.29, 0.717) is 0 Å². The number of H-pyrrole nitrogens is 1. The van der Waals surface area contributed by atoms with Gasteiger partial charge >= 0.3 is 11.7 Å². The summed E-state index contributed by atoms with van der Waals surface area (Å²) in [7, 11) is 0. The molecule has 0 unspecified atom stereocenters. The van der Waals surface area contributed by atoms with Gasteiger partial charge in [-0.3, -0.25) is 14.3 Å². The van der Waals surface area contributed by atoms with Gasteiger partial charge in [0.15, 0.2) is 12.3 Å². The Hall–Kier alpha value is -2.39. The standard InChI is InChI=1S/C17H17FN2O5S/c1-9-7-20(17(24)19-14(9)22)15-13(12(18)11(21)8-26-15)25-16(23)10-5-3-2-4-6-10/h2-7,11-13,15,21H,8H2,1H3,(H,19,22,24)/t11-,12+,13-,15-/m1/s1. The molecule has 138 valence electrons. The highest BCUT2D eigenvalue weighted by Crippen LogP contribution is 2.37. The fourth-order valence-corrected chi connectivity index (χ4v) is 3.95. The lowest BCUT2D eigenvalue weighted by molar-refractivity contribution is -0.0393. The first-order chi connectivity index (χ1) is 12.4.